The molecule has 0 aliphatic carbocycles. The lowest BCUT2D eigenvalue weighted by Crippen LogP contribution is -2.28. The van der Waals surface area contributed by atoms with Crippen LogP contribution in [0.4, 0.5) is 5.13 Å². The van der Waals surface area contributed by atoms with E-state index in [1.54, 1.807) is 18.7 Å². The molecule has 0 saturated carbocycles. The summed E-state index contributed by atoms with van der Waals surface area (Å²) in [5.74, 6) is 0.303. The first-order valence-corrected chi connectivity index (χ1v) is 7.73. The smallest absolute Gasteiger partial charge is 0.263 e. The number of rotatable bonds is 6. The summed E-state index contributed by atoms with van der Waals surface area (Å²) in [6, 6.07) is 9.03. The number of methoxy groups -OCH3 is 1. The second-order valence-corrected chi connectivity index (χ2v) is 5.51. The van der Waals surface area contributed by atoms with E-state index in [4.69, 9.17) is 10.00 Å². The molecule has 2 rings (SSSR count). The zero-order valence-electron chi connectivity index (χ0n) is 12.7. The van der Waals surface area contributed by atoms with E-state index in [1.807, 2.05) is 37.3 Å². The van der Waals surface area contributed by atoms with Crippen molar-refractivity contribution in [3.8, 4) is 11.8 Å². The number of amides is 1. The minimum atomic E-state index is -0.445. The van der Waals surface area contributed by atoms with Crippen LogP contribution in [0.3, 0.4) is 0 Å². The summed E-state index contributed by atoms with van der Waals surface area (Å²) in [4.78, 5) is 16.2. The summed E-state index contributed by atoms with van der Waals surface area (Å²) in [6.07, 6.45) is 2.99. The Balaban J connectivity index is 2.00. The van der Waals surface area contributed by atoms with Crippen LogP contribution in [0.25, 0.3) is 0 Å². The van der Waals surface area contributed by atoms with Crippen molar-refractivity contribution in [3.05, 3.63) is 53.2 Å². The first kappa shape index (κ1) is 16.5. The van der Waals surface area contributed by atoms with Crippen LogP contribution in [0, 0.1) is 11.3 Å². The van der Waals surface area contributed by atoms with Crippen LogP contribution in [0.5, 0.6) is 5.75 Å². The number of hydrogen-bond acceptors (Lipinski definition) is 6. The van der Waals surface area contributed by atoms with Crippen LogP contribution in [-0.4, -0.2) is 18.0 Å². The summed E-state index contributed by atoms with van der Waals surface area (Å²) in [6.45, 7) is 1.85. The molecular formula is C16H16N4O2S. The Kier molecular flexibility index (Phi) is 5.72. The Morgan fingerprint density at radius 3 is 2.74 bits per heavy atom. The van der Waals surface area contributed by atoms with E-state index in [2.05, 4.69) is 15.6 Å². The zero-order chi connectivity index (χ0) is 16.7. The Morgan fingerprint density at radius 1 is 1.43 bits per heavy atom. The Labute approximate surface area is 138 Å². The van der Waals surface area contributed by atoms with Crippen LogP contribution < -0.4 is 15.4 Å². The zero-order valence-corrected chi connectivity index (χ0v) is 13.6. The third kappa shape index (κ3) is 4.56. The Hall–Kier alpha value is -2.85. The van der Waals surface area contributed by atoms with Crippen LogP contribution in [0.1, 0.15) is 18.5 Å². The first-order chi connectivity index (χ1) is 11.1. The molecule has 1 amide bonds. The van der Waals surface area contributed by atoms with E-state index in [1.165, 1.54) is 17.5 Å². The highest BCUT2D eigenvalue weighted by Gasteiger charge is 2.14. The van der Waals surface area contributed by atoms with Gasteiger partial charge in [0.05, 0.1) is 13.2 Å². The molecule has 2 aromatic rings. The van der Waals surface area contributed by atoms with Crippen molar-refractivity contribution in [1.29, 1.82) is 5.26 Å². The highest BCUT2D eigenvalue weighted by Crippen LogP contribution is 2.17. The topological polar surface area (TPSA) is 87.0 Å². The second kappa shape index (κ2) is 7.96. The number of ether oxygens (including phenoxy) is 1. The summed E-state index contributed by atoms with van der Waals surface area (Å²) in [5.41, 5.74) is 0.907. The SMILES string of the molecule is COc1ccc(C(C)NC(=O)/C(C#N)=C\Nc2nccs2)cc1. The second-order valence-electron chi connectivity index (χ2n) is 4.62. The number of benzene rings is 1. The standard InChI is InChI=1S/C16H16N4O2S/c1-11(12-3-5-14(22-2)6-4-12)20-15(21)13(9-17)10-19-16-18-7-8-23-16/h3-8,10-11H,1-2H3,(H,18,19)(H,20,21)/b13-10-. The molecule has 0 radical (unpaired) electrons. The predicted octanol–water partition coefficient (Wildman–Crippen LogP) is 2.85. The van der Waals surface area contributed by atoms with E-state index in [0.29, 0.717) is 5.13 Å². The number of carbonyl (C=O) groups excluding carboxylic acids is 1. The number of nitrogens with zero attached hydrogens (tertiary/aromatic N) is 2. The van der Waals surface area contributed by atoms with Gasteiger partial charge in [-0.3, -0.25) is 4.79 Å². The number of nitrogens with one attached hydrogen (secondary N) is 2. The molecule has 0 aliphatic rings. The van der Waals surface area contributed by atoms with E-state index < -0.39 is 5.91 Å². The summed E-state index contributed by atoms with van der Waals surface area (Å²) in [7, 11) is 1.60. The van der Waals surface area contributed by atoms with Crippen molar-refractivity contribution in [2.24, 2.45) is 0 Å². The number of aromatic nitrogens is 1. The average molecular weight is 328 g/mol. The molecule has 6 nitrogen and oxygen atoms in total. The lowest BCUT2D eigenvalue weighted by molar-refractivity contribution is -0.117. The number of anilines is 1. The first-order valence-electron chi connectivity index (χ1n) is 6.85. The van der Waals surface area contributed by atoms with Gasteiger partial charge in [0.2, 0.25) is 0 Å². The van der Waals surface area contributed by atoms with Gasteiger partial charge in [0.15, 0.2) is 5.13 Å². The van der Waals surface area contributed by atoms with Crippen molar-refractivity contribution in [2.45, 2.75) is 13.0 Å². The molecule has 118 valence electrons. The van der Waals surface area contributed by atoms with Gasteiger partial charge in [-0.2, -0.15) is 5.26 Å². The van der Waals surface area contributed by atoms with Crippen LogP contribution >= 0.6 is 11.3 Å². The fraction of sp³-hybridized carbons (Fsp3) is 0.188. The lowest BCUT2D eigenvalue weighted by atomic mass is 10.1. The maximum Gasteiger partial charge on any atom is 0.263 e. The third-order valence-corrected chi connectivity index (χ3v) is 3.81. The van der Waals surface area contributed by atoms with Crippen molar-refractivity contribution < 1.29 is 9.53 Å². The van der Waals surface area contributed by atoms with Gasteiger partial charge >= 0.3 is 0 Å². The number of carbonyl (C=O) groups is 1. The minimum absolute atomic E-state index is 0.0134. The molecular weight excluding hydrogens is 312 g/mol. The van der Waals surface area contributed by atoms with Crippen LogP contribution in [0.2, 0.25) is 0 Å². The lowest BCUT2D eigenvalue weighted by Gasteiger charge is -2.14. The summed E-state index contributed by atoms with van der Waals surface area (Å²) in [5, 5.41) is 17.2. The quantitative estimate of drug-likeness (QED) is 0.629. The van der Waals surface area contributed by atoms with Gasteiger partial charge in [0.1, 0.15) is 17.4 Å². The van der Waals surface area contributed by atoms with Crippen LogP contribution in [-0.2, 0) is 4.79 Å². The molecule has 0 saturated heterocycles. The van der Waals surface area contributed by atoms with Gasteiger partial charge in [-0.05, 0) is 24.6 Å². The van der Waals surface area contributed by atoms with Gasteiger partial charge in [0.25, 0.3) is 5.91 Å². The maximum absolute atomic E-state index is 12.2. The van der Waals surface area contributed by atoms with Crippen molar-refractivity contribution in [2.75, 3.05) is 12.4 Å². The molecule has 0 spiro atoms. The van der Waals surface area contributed by atoms with Crippen molar-refractivity contribution >= 4 is 22.4 Å². The van der Waals surface area contributed by atoms with Gasteiger partial charge in [-0.1, -0.05) is 12.1 Å². The van der Waals surface area contributed by atoms with Crippen molar-refractivity contribution in [1.82, 2.24) is 10.3 Å². The monoisotopic (exact) mass is 328 g/mol. The molecule has 2 N–H and O–H groups in total. The Morgan fingerprint density at radius 2 is 2.17 bits per heavy atom. The summed E-state index contributed by atoms with van der Waals surface area (Å²) >= 11 is 1.38. The normalized spacial score (nSPS) is 12.1. The molecule has 1 heterocycles. The molecule has 1 atom stereocenters. The van der Waals surface area contributed by atoms with E-state index in [9.17, 15) is 4.79 Å². The fourth-order valence-corrected chi connectivity index (χ4v) is 2.33. The van der Waals surface area contributed by atoms with E-state index in [-0.39, 0.29) is 11.6 Å². The largest absolute Gasteiger partial charge is 0.497 e. The number of hydrogen-bond donors (Lipinski definition) is 2. The number of thiazole rings is 1. The van der Waals surface area contributed by atoms with E-state index >= 15 is 0 Å². The van der Waals surface area contributed by atoms with Crippen molar-refractivity contribution in [3.63, 3.8) is 0 Å². The molecule has 23 heavy (non-hydrogen) atoms. The molecule has 0 bridgehead atoms. The molecule has 1 aromatic carbocycles. The Bertz CT molecular complexity index is 718. The highest BCUT2D eigenvalue weighted by atomic mass is 32.1. The highest BCUT2D eigenvalue weighted by molar-refractivity contribution is 7.13. The average Bonchev–Trinajstić information content (AvgIpc) is 3.09. The number of nitriles is 1. The van der Waals surface area contributed by atoms with Crippen LogP contribution in [0.15, 0.2) is 47.6 Å². The summed E-state index contributed by atoms with van der Waals surface area (Å²) < 4.78 is 5.10. The van der Waals surface area contributed by atoms with Gasteiger partial charge < -0.3 is 15.4 Å². The van der Waals surface area contributed by atoms with Gasteiger partial charge in [-0.25, -0.2) is 4.98 Å². The maximum atomic E-state index is 12.2. The predicted molar refractivity (Wildman–Crippen MR) is 89.0 cm³/mol. The van der Waals surface area contributed by atoms with Gasteiger partial charge in [-0.15, -0.1) is 11.3 Å². The molecule has 1 aromatic heterocycles. The van der Waals surface area contributed by atoms with Gasteiger partial charge in [0, 0.05) is 17.8 Å². The molecule has 0 aliphatic heterocycles. The molecule has 7 heteroatoms. The molecule has 1 unspecified atom stereocenters. The van der Waals surface area contributed by atoms with E-state index in [0.717, 1.165) is 11.3 Å². The molecule has 0 fully saturated rings. The fourth-order valence-electron chi connectivity index (χ4n) is 1.83. The third-order valence-electron chi connectivity index (χ3n) is 3.10. The minimum Gasteiger partial charge on any atom is -0.497 e.